The summed E-state index contributed by atoms with van der Waals surface area (Å²) in [5.74, 6) is -0.523. The molecule has 0 aliphatic rings. The second-order valence-corrected chi connectivity index (χ2v) is 9.46. The van der Waals surface area contributed by atoms with E-state index >= 15 is 0 Å². The molecule has 0 aliphatic heterocycles. The molecule has 3 rings (SSSR count). The average Bonchev–Trinajstić information content (AvgIpc) is 2.70. The van der Waals surface area contributed by atoms with Crippen LogP contribution in [0.3, 0.4) is 0 Å². The molecule has 0 aromatic heterocycles. The standard InChI is InChI=1S/C22H20Cl2N2O3S/c1-15-7-11-18(12-8-15)30(28,29)26(21-6-4-3-5-19(21)23)14-22(27)25-17-10-9-16(2)20(24)13-17/h3-13H,14H2,1-2H3,(H,25,27). The smallest absolute Gasteiger partial charge is 0.264 e. The Hall–Kier alpha value is -2.54. The molecule has 0 unspecified atom stereocenters. The average molecular weight is 463 g/mol. The summed E-state index contributed by atoms with van der Waals surface area (Å²) in [4.78, 5) is 12.8. The first kappa shape index (κ1) is 22.2. The first-order chi connectivity index (χ1) is 14.2. The highest BCUT2D eigenvalue weighted by Gasteiger charge is 2.28. The van der Waals surface area contributed by atoms with Crippen molar-refractivity contribution < 1.29 is 13.2 Å². The van der Waals surface area contributed by atoms with Crippen LogP contribution < -0.4 is 9.62 Å². The van der Waals surface area contributed by atoms with Crippen LogP contribution in [-0.4, -0.2) is 20.9 Å². The van der Waals surface area contributed by atoms with Crippen molar-refractivity contribution in [3.8, 4) is 0 Å². The summed E-state index contributed by atoms with van der Waals surface area (Å²) in [7, 11) is -4.03. The van der Waals surface area contributed by atoms with E-state index in [1.807, 2.05) is 13.8 Å². The van der Waals surface area contributed by atoms with E-state index in [-0.39, 0.29) is 15.6 Å². The summed E-state index contributed by atoms with van der Waals surface area (Å²) < 4.78 is 27.7. The van der Waals surface area contributed by atoms with E-state index in [2.05, 4.69) is 5.32 Å². The number of nitrogens with zero attached hydrogens (tertiary/aromatic N) is 1. The molecular weight excluding hydrogens is 443 g/mol. The minimum atomic E-state index is -4.03. The van der Waals surface area contributed by atoms with Crippen LogP contribution in [0.1, 0.15) is 11.1 Å². The lowest BCUT2D eigenvalue weighted by molar-refractivity contribution is -0.114. The molecular formula is C22H20Cl2N2O3S. The summed E-state index contributed by atoms with van der Waals surface area (Å²) in [6.07, 6.45) is 0. The Labute approximate surface area is 186 Å². The van der Waals surface area contributed by atoms with Gasteiger partial charge in [0.2, 0.25) is 5.91 Å². The lowest BCUT2D eigenvalue weighted by Crippen LogP contribution is -2.38. The van der Waals surface area contributed by atoms with Gasteiger partial charge in [-0.15, -0.1) is 0 Å². The lowest BCUT2D eigenvalue weighted by Gasteiger charge is -2.25. The third-order valence-electron chi connectivity index (χ3n) is 4.47. The quantitative estimate of drug-likeness (QED) is 0.529. The van der Waals surface area contributed by atoms with Gasteiger partial charge in [-0.05, 0) is 55.8 Å². The Bertz CT molecular complexity index is 1180. The summed E-state index contributed by atoms with van der Waals surface area (Å²) in [6.45, 7) is 3.26. The van der Waals surface area contributed by atoms with Crippen molar-refractivity contribution in [3.05, 3.63) is 87.9 Å². The predicted molar refractivity (Wildman–Crippen MR) is 122 cm³/mol. The van der Waals surface area contributed by atoms with Crippen LogP contribution in [0.2, 0.25) is 10.0 Å². The summed E-state index contributed by atoms with van der Waals surface area (Å²) in [5, 5.41) is 3.41. The number of carbonyl (C=O) groups is 1. The SMILES string of the molecule is Cc1ccc(S(=O)(=O)N(CC(=O)Nc2ccc(C)c(Cl)c2)c2ccccc2Cl)cc1. The summed E-state index contributed by atoms with van der Waals surface area (Å²) in [6, 6.07) is 18.0. The first-order valence-corrected chi connectivity index (χ1v) is 11.3. The molecule has 1 amide bonds. The van der Waals surface area contributed by atoms with Crippen molar-refractivity contribution in [1.82, 2.24) is 0 Å². The fourth-order valence-electron chi connectivity index (χ4n) is 2.79. The van der Waals surface area contributed by atoms with Gasteiger partial charge in [-0.25, -0.2) is 8.42 Å². The Morgan fingerprint density at radius 2 is 1.60 bits per heavy atom. The van der Waals surface area contributed by atoms with Gasteiger partial charge in [-0.1, -0.05) is 59.1 Å². The summed E-state index contributed by atoms with van der Waals surface area (Å²) in [5.41, 5.74) is 2.49. The van der Waals surface area contributed by atoms with E-state index < -0.39 is 22.5 Å². The Kier molecular flexibility index (Phi) is 6.71. The van der Waals surface area contributed by atoms with E-state index in [1.54, 1.807) is 54.6 Å². The number of nitrogens with one attached hydrogen (secondary N) is 1. The van der Waals surface area contributed by atoms with Gasteiger partial charge >= 0.3 is 0 Å². The number of hydrogen-bond donors (Lipinski definition) is 1. The third-order valence-corrected chi connectivity index (χ3v) is 6.97. The molecule has 0 fully saturated rings. The van der Waals surface area contributed by atoms with E-state index in [9.17, 15) is 13.2 Å². The molecule has 0 atom stereocenters. The molecule has 0 heterocycles. The first-order valence-electron chi connectivity index (χ1n) is 9.08. The predicted octanol–water partition coefficient (Wildman–Crippen LogP) is 5.44. The molecule has 0 saturated carbocycles. The highest BCUT2D eigenvalue weighted by atomic mass is 35.5. The number of carbonyl (C=O) groups excluding carboxylic acids is 1. The van der Waals surface area contributed by atoms with Crippen LogP contribution in [0, 0.1) is 13.8 Å². The molecule has 3 aromatic carbocycles. The number of amides is 1. The fourth-order valence-corrected chi connectivity index (χ4v) is 4.70. The van der Waals surface area contributed by atoms with Crippen LogP contribution in [0.4, 0.5) is 11.4 Å². The van der Waals surface area contributed by atoms with Crippen molar-refractivity contribution >= 4 is 50.5 Å². The van der Waals surface area contributed by atoms with Gasteiger partial charge < -0.3 is 5.32 Å². The summed E-state index contributed by atoms with van der Waals surface area (Å²) >= 11 is 12.4. The molecule has 1 N–H and O–H groups in total. The minimum absolute atomic E-state index is 0.0687. The van der Waals surface area contributed by atoms with Crippen molar-refractivity contribution in [2.45, 2.75) is 18.7 Å². The third kappa shape index (κ3) is 4.95. The molecule has 0 bridgehead atoms. The second kappa shape index (κ2) is 9.08. The van der Waals surface area contributed by atoms with Crippen molar-refractivity contribution in [1.29, 1.82) is 0 Å². The van der Waals surface area contributed by atoms with Gasteiger partial charge in [0, 0.05) is 10.7 Å². The normalized spacial score (nSPS) is 11.2. The zero-order valence-electron chi connectivity index (χ0n) is 16.4. The fraction of sp³-hybridized carbons (Fsp3) is 0.136. The largest absolute Gasteiger partial charge is 0.324 e. The van der Waals surface area contributed by atoms with Crippen molar-refractivity contribution in [2.24, 2.45) is 0 Å². The van der Waals surface area contributed by atoms with Gasteiger partial charge in [0.1, 0.15) is 6.54 Å². The number of sulfonamides is 1. The number of benzene rings is 3. The van der Waals surface area contributed by atoms with E-state index in [0.29, 0.717) is 10.7 Å². The Morgan fingerprint density at radius 1 is 0.933 bits per heavy atom. The van der Waals surface area contributed by atoms with Crippen molar-refractivity contribution in [3.63, 3.8) is 0 Å². The highest BCUT2D eigenvalue weighted by molar-refractivity contribution is 7.92. The second-order valence-electron chi connectivity index (χ2n) is 6.79. The zero-order valence-corrected chi connectivity index (χ0v) is 18.7. The van der Waals surface area contributed by atoms with Crippen LogP contribution in [0.25, 0.3) is 0 Å². The molecule has 0 aliphatic carbocycles. The number of hydrogen-bond acceptors (Lipinski definition) is 3. The lowest BCUT2D eigenvalue weighted by atomic mass is 10.2. The van der Waals surface area contributed by atoms with Gasteiger partial charge in [0.05, 0.1) is 15.6 Å². The number of rotatable bonds is 6. The molecule has 0 radical (unpaired) electrons. The van der Waals surface area contributed by atoms with E-state index in [1.165, 1.54) is 12.1 Å². The van der Waals surface area contributed by atoms with Crippen LogP contribution in [0.5, 0.6) is 0 Å². The molecule has 8 heteroatoms. The Morgan fingerprint density at radius 3 is 2.23 bits per heavy atom. The van der Waals surface area contributed by atoms with E-state index in [0.717, 1.165) is 15.4 Å². The molecule has 30 heavy (non-hydrogen) atoms. The maximum Gasteiger partial charge on any atom is 0.264 e. The topological polar surface area (TPSA) is 66.5 Å². The highest BCUT2D eigenvalue weighted by Crippen LogP contribution is 2.30. The van der Waals surface area contributed by atoms with Gasteiger partial charge in [-0.3, -0.25) is 9.10 Å². The maximum absolute atomic E-state index is 13.3. The van der Waals surface area contributed by atoms with Gasteiger partial charge in [0.25, 0.3) is 10.0 Å². The molecule has 3 aromatic rings. The van der Waals surface area contributed by atoms with Gasteiger partial charge in [0.15, 0.2) is 0 Å². The number of para-hydroxylation sites is 1. The van der Waals surface area contributed by atoms with Crippen LogP contribution in [0.15, 0.2) is 71.6 Å². The zero-order chi connectivity index (χ0) is 21.9. The maximum atomic E-state index is 13.3. The number of halogens is 2. The molecule has 0 spiro atoms. The Balaban J connectivity index is 1.95. The van der Waals surface area contributed by atoms with Crippen LogP contribution in [-0.2, 0) is 14.8 Å². The van der Waals surface area contributed by atoms with E-state index in [4.69, 9.17) is 23.2 Å². The molecule has 156 valence electrons. The number of aryl methyl sites for hydroxylation is 2. The molecule has 0 saturated heterocycles. The number of anilines is 2. The molecule has 5 nitrogen and oxygen atoms in total. The monoisotopic (exact) mass is 462 g/mol. The van der Waals surface area contributed by atoms with Crippen LogP contribution >= 0.6 is 23.2 Å². The van der Waals surface area contributed by atoms with Gasteiger partial charge in [-0.2, -0.15) is 0 Å². The van der Waals surface area contributed by atoms with Crippen molar-refractivity contribution in [2.75, 3.05) is 16.2 Å². The minimum Gasteiger partial charge on any atom is -0.324 e.